The third-order valence-electron chi connectivity index (χ3n) is 2.65. The molecular weight excluding hydrogens is 261 g/mol. The SMILES string of the molecule is CCCn1cc(NC(=O)c2cccc(F)n2)ccc1=O. The van der Waals surface area contributed by atoms with Gasteiger partial charge in [-0.2, -0.15) is 4.39 Å². The molecular formula is C14H14FN3O2. The predicted molar refractivity (Wildman–Crippen MR) is 73.1 cm³/mol. The molecule has 5 nitrogen and oxygen atoms in total. The highest BCUT2D eigenvalue weighted by Gasteiger charge is 2.09. The summed E-state index contributed by atoms with van der Waals surface area (Å²) in [6.07, 6.45) is 2.37. The van der Waals surface area contributed by atoms with Crippen LogP contribution in [-0.4, -0.2) is 15.5 Å². The minimum Gasteiger partial charge on any atom is -0.319 e. The number of carbonyl (C=O) groups is 1. The maximum Gasteiger partial charge on any atom is 0.274 e. The molecule has 1 N–H and O–H groups in total. The van der Waals surface area contributed by atoms with Crippen molar-refractivity contribution in [3.8, 4) is 0 Å². The van der Waals surface area contributed by atoms with Crippen molar-refractivity contribution in [1.29, 1.82) is 0 Å². The zero-order valence-electron chi connectivity index (χ0n) is 11.0. The van der Waals surface area contributed by atoms with Gasteiger partial charge in [0.1, 0.15) is 5.69 Å². The van der Waals surface area contributed by atoms with Crippen molar-refractivity contribution in [2.75, 3.05) is 5.32 Å². The molecule has 2 aromatic rings. The van der Waals surface area contributed by atoms with Gasteiger partial charge in [-0.1, -0.05) is 13.0 Å². The van der Waals surface area contributed by atoms with Gasteiger partial charge in [0.05, 0.1) is 5.69 Å². The normalized spacial score (nSPS) is 10.3. The minimum atomic E-state index is -0.714. The smallest absolute Gasteiger partial charge is 0.274 e. The van der Waals surface area contributed by atoms with Crippen LogP contribution in [0.25, 0.3) is 0 Å². The molecule has 0 aromatic carbocycles. The van der Waals surface area contributed by atoms with Gasteiger partial charge in [-0.3, -0.25) is 9.59 Å². The van der Waals surface area contributed by atoms with Crippen molar-refractivity contribution < 1.29 is 9.18 Å². The number of carbonyl (C=O) groups excluding carboxylic acids is 1. The van der Waals surface area contributed by atoms with Gasteiger partial charge in [0.2, 0.25) is 5.95 Å². The van der Waals surface area contributed by atoms with Crippen molar-refractivity contribution in [2.24, 2.45) is 0 Å². The number of hydrogen-bond donors (Lipinski definition) is 1. The fourth-order valence-corrected chi connectivity index (χ4v) is 1.75. The molecule has 0 saturated heterocycles. The van der Waals surface area contributed by atoms with Crippen LogP contribution < -0.4 is 10.9 Å². The summed E-state index contributed by atoms with van der Waals surface area (Å²) in [6, 6.07) is 6.88. The van der Waals surface area contributed by atoms with E-state index in [0.29, 0.717) is 12.2 Å². The summed E-state index contributed by atoms with van der Waals surface area (Å²) in [6.45, 7) is 2.52. The zero-order valence-corrected chi connectivity index (χ0v) is 11.0. The third-order valence-corrected chi connectivity index (χ3v) is 2.65. The van der Waals surface area contributed by atoms with E-state index >= 15 is 0 Å². The zero-order chi connectivity index (χ0) is 14.5. The Morgan fingerprint density at radius 2 is 2.15 bits per heavy atom. The van der Waals surface area contributed by atoms with E-state index in [1.54, 1.807) is 6.20 Å². The molecule has 0 saturated carbocycles. The van der Waals surface area contributed by atoms with Crippen molar-refractivity contribution in [1.82, 2.24) is 9.55 Å². The number of nitrogens with one attached hydrogen (secondary N) is 1. The van der Waals surface area contributed by atoms with E-state index in [2.05, 4.69) is 10.3 Å². The number of aromatic nitrogens is 2. The second-order valence-electron chi connectivity index (χ2n) is 4.25. The lowest BCUT2D eigenvalue weighted by Crippen LogP contribution is -2.21. The van der Waals surface area contributed by atoms with Gasteiger partial charge in [-0.25, -0.2) is 4.98 Å². The molecule has 1 amide bonds. The largest absolute Gasteiger partial charge is 0.319 e. The highest BCUT2D eigenvalue weighted by atomic mass is 19.1. The van der Waals surface area contributed by atoms with Crippen LogP contribution in [0.4, 0.5) is 10.1 Å². The lowest BCUT2D eigenvalue weighted by atomic mass is 10.3. The van der Waals surface area contributed by atoms with Crippen LogP contribution in [0.5, 0.6) is 0 Å². The topological polar surface area (TPSA) is 64.0 Å². The average Bonchev–Trinajstić information content (AvgIpc) is 2.43. The Morgan fingerprint density at radius 3 is 2.85 bits per heavy atom. The molecule has 0 bridgehead atoms. The number of amides is 1. The molecule has 0 spiro atoms. The summed E-state index contributed by atoms with van der Waals surface area (Å²) in [5, 5.41) is 2.58. The Labute approximate surface area is 115 Å². The lowest BCUT2D eigenvalue weighted by Gasteiger charge is -2.08. The standard InChI is InChI=1S/C14H14FN3O2/c1-2-8-18-9-10(6-7-13(18)19)16-14(20)11-4-3-5-12(15)17-11/h3-7,9H,2,8H2,1H3,(H,16,20). The van der Waals surface area contributed by atoms with Crippen molar-refractivity contribution >= 4 is 11.6 Å². The number of pyridine rings is 2. The van der Waals surface area contributed by atoms with Crippen LogP contribution in [0, 0.1) is 5.95 Å². The predicted octanol–water partition coefficient (Wildman–Crippen LogP) is 2.04. The Morgan fingerprint density at radius 1 is 1.35 bits per heavy atom. The Bertz CT molecular complexity index is 682. The minimum absolute atomic E-state index is 0.0155. The summed E-state index contributed by atoms with van der Waals surface area (Å²) >= 11 is 0. The van der Waals surface area contributed by atoms with Crippen LogP contribution >= 0.6 is 0 Å². The molecule has 0 aliphatic carbocycles. The maximum absolute atomic E-state index is 12.9. The molecule has 0 fully saturated rings. The molecule has 0 aliphatic rings. The molecule has 20 heavy (non-hydrogen) atoms. The first-order valence-corrected chi connectivity index (χ1v) is 6.24. The van der Waals surface area contributed by atoms with E-state index in [1.807, 2.05) is 6.92 Å². The molecule has 6 heteroatoms. The van der Waals surface area contributed by atoms with Crippen LogP contribution in [0.1, 0.15) is 23.8 Å². The summed E-state index contributed by atoms with van der Waals surface area (Å²) in [7, 11) is 0. The first kappa shape index (κ1) is 13.9. The number of halogens is 1. The van der Waals surface area contributed by atoms with Gasteiger partial charge < -0.3 is 9.88 Å². The van der Waals surface area contributed by atoms with E-state index in [0.717, 1.165) is 12.5 Å². The Balaban J connectivity index is 2.19. The second kappa shape index (κ2) is 6.10. The first-order valence-electron chi connectivity index (χ1n) is 6.24. The van der Waals surface area contributed by atoms with Crippen LogP contribution in [0.15, 0.2) is 41.3 Å². The highest BCUT2D eigenvalue weighted by molar-refractivity contribution is 6.02. The average molecular weight is 275 g/mol. The number of nitrogens with zero attached hydrogens (tertiary/aromatic N) is 2. The lowest BCUT2D eigenvalue weighted by molar-refractivity contribution is 0.102. The number of hydrogen-bond acceptors (Lipinski definition) is 3. The van der Waals surface area contributed by atoms with Gasteiger partial charge in [0, 0.05) is 18.8 Å². The number of anilines is 1. The van der Waals surface area contributed by atoms with E-state index < -0.39 is 11.9 Å². The third kappa shape index (κ3) is 3.28. The van der Waals surface area contributed by atoms with Gasteiger partial charge in [0.15, 0.2) is 0 Å². The summed E-state index contributed by atoms with van der Waals surface area (Å²) in [5.74, 6) is -1.24. The van der Waals surface area contributed by atoms with Gasteiger partial charge >= 0.3 is 0 Å². The van der Waals surface area contributed by atoms with Crippen LogP contribution in [0.3, 0.4) is 0 Å². The summed E-state index contributed by atoms with van der Waals surface area (Å²) < 4.78 is 14.5. The quantitative estimate of drug-likeness (QED) is 0.868. The van der Waals surface area contributed by atoms with E-state index in [1.165, 1.54) is 28.8 Å². The summed E-state index contributed by atoms with van der Waals surface area (Å²) in [4.78, 5) is 26.9. The van der Waals surface area contributed by atoms with E-state index in [-0.39, 0.29) is 11.3 Å². The second-order valence-corrected chi connectivity index (χ2v) is 4.25. The molecule has 0 radical (unpaired) electrons. The summed E-state index contributed by atoms with van der Waals surface area (Å²) in [5.41, 5.74) is 0.320. The van der Waals surface area contributed by atoms with Crippen LogP contribution in [0.2, 0.25) is 0 Å². The fraction of sp³-hybridized carbons (Fsp3) is 0.214. The van der Waals surface area contributed by atoms with Gasteiger partial charge in [0.25, 0.3) is 11.5 Å². The van der Waals surface area contributed by atoms with Gasteiger partial charge in [-0.15, -0.1) is 0 Å². The maximum atomic E-state index is 12.9. The molecule has 0 unspecified atom stereocenters. The number of rotatable bonds is 4. The highest BCUT2D eigenvalue weighted by Crippen LogP contribution is 2.07. The molecule has 2 heterocycles. The number of aryl methyl sites for hydroxylation is 1. The van der Waals surface area contributed by atoms with E-state index in [4.69, 9.17) is 0 Å². The molecule has 0 atom stereocenters. The van der Waals surface area contributed by atoms with Crippen LogP contribution in [-0.2, 0) is 6.54 Å². The fourth-order valence-electron chi connectivity index (χ4n) is 1.75. The van der Waals surface area contributed by atoms with Crippen molar-refractivity contribution in [3.05, 3.63) is 58.5 Å². The monoisotopic (exact) mass is 275 g/mol. The molecule has 0 aliphatic heterocycles. The molecule has 104 valence electrons. The van der Waals surface area contributed by atoms with Gasteiger partial charge in [-0.05, 0) is 24.6 Å². The van der Waals surface area contributed by atoms with Crippen molar-refractivity contribution in [3.63, 3.8) is 0 Å². The van der Waals surface area contributed by atoms with E-state index in [9.17, 15) is 14.0 Å². The van der Waals surface area contributed by atoms with Crippen molar-refractivity contribution in [2.45, 2.75) is 19.9 Å². The molecule has 2 rings (SSSR count). The first-order chi connectivity index (χ1) is 9.60. The Kier molecular flexibility index (Phi) is 4.24. The molecule has 2 aromatic heterocycles. The Hall–Kier alpha value is -2.50.